The highest BCUT2D eigenvalue weighted by Gasteiger charge is 2.12. The molecule has 0 unspecified atom stereocenters. The molecule has 0 aliphatic heterocycles. The van der Waals surface area contributed by atoms with Crippen LogP contribution >= 0.6 is 0 Å². The molecule has 0 spiro atoms. The van der Waals surface area contributed by atoms with Gasteiger partial charge < -0.3 is 10.1 Å². The fraction of sp³-hybridized carbons (Fsp3) is 0.100. The first-order valence-electron chi connectivity index (χ1n) is 4.35. The van der Waals surface area contributed by atoms with Gasteiger partial charge in [-0.25, -0.2) is 9.78 Å². The Bertz CT molecular complexity index is 530. The fourth-order valence-corrected chi connectivity index (χ4v) is 1.35. The molecule has 5 nitrogen and oxygen atoms in total. The average Bonchev–Trinajstić information content (AvgIpc) is 2.64. The summed E-state index contributed by atoms with van der Waals surface area (Å²) in [5.41, 5.74) is 2.26. The zero-order valence-corrected chi connectivity index (χ0v) is 7.73. The molecule has 1 aromatic carbocycles. The Morgan fingerprint density at radius 3 is 2.93 bits per heavy atom. The predicted molar refractivity (Wildman–Crippen MR) is 52.4 cm³/mol. The maximum atomic E-state index is 11.0. The first-order valence-corrected chi connectivity index (χ1v) is 4.35. The van der Waals surface area contributed by atoms with Crippen molar-refractivity contribution in [3.05, 3.63) is 30.1 Å². The lowest BCUT2D eigenvalue weighted by molar-refractivity contribution is -0.148. The standard InChI is InChI=1S/C10H8N2O3/c13-9(10(14)15)4-6-1-2-7-8(3-6)12-5-11-7/h1-3,5H,4H2,(H,11,12)(H,14,15). The number of fused-ring (bicyclic) bond motifs is 1. The van der Waals surface area contributed by atoms with Crippen LogP contribution in [0.2, 0.25) is 0 Å². The lowest BCUT2D eigenvalue weighted by Gasteiger charge is -1.97. The highest BCUT2D eigenvalue weighted by Crippen LogP contribution is 2.12. The van der Waals surface area contributed by atoms with E-state index in [9.17, 15) is 9.59 Å². The number of nitrogens with zero attached hydrogens (tertiary/aromatic N) is 1. The number of imidazole rings is 1. The second-order valence-corrected chi connectivity index (χ2v) is 3.16. The molecule has 0 aliphatic rings. The van der Waals surface area contributed by atoms with E-state index >= 15 is 0 Å². The number of aromatic amines is 1. The third-order valence-electron chi connectivity index (χ3n) is 2.09. The van der Waals surface area contributed by atoms with Crippen LogP contribution in [0.15, 0.2) is 24.5 Å². The van der Waals surface area contributed by atoms with E-state index in [0.29, 0.717) is 5.56 Å². The minimum Gasteiger partial charge on any atom is -0.475 e. The number of carboxylic acid groups (broad SMARTS) is 1. The van der Waals surface area contributed by atoms with Crippen LogP contribution in [0.1, 0.15) is 5.56 Å². The number of ketones is 1. The van der Waals surface area contributed by atoms with Crippen LogP contribution in [0, 0.1) is 0 Å². The second-order valence-electron chi connectivity index (χ2n) is 3.16. The van der Waals surface area contributed by atoms with Crippen molar-refractivity contribution in [2.75, 3.05) is 0 Å². The maximum Gasteiger partial charge on any atom is 0.372 e. The number of carbonyl (C=O) groups excluding carboxylic acids is 1. The normalized spacial score (nSPS) is 10.4. The molecule has 5 heteroatoms. The van der Waals surface area contributed by atoms with Gasteiger partial charge in [-0.05, 0) is 17.7 Å². The molecule has 2 N–H and O–H groups in total. The van der Waals surface area contributed by atoms with E-state index in [-0.39, 0.29) is 6.42 Å². The Balaban J connectivity index is 2.28. The molecular weight excluding hydrogens is 196 g/mol. The van der Waals surface area contributed by atoms with Crippen LogP contribution in [0.4, 0.5) is 0 Å². The summed E-state index contributed by atoms with van der Waals surface area (Å²) in [5, 5.41) is 8.45. The average molecular weight is 204 g/mol. The smallest absolute Gasteiger partial charge is 0.372 e. The third-order valence-corrected chi connectivity index (χ3v) is 2.09. The van der Waals surface area contributed by atoms with Crippen LogP contribution in [0.5, 0.6) is 0 Å². The molecule has 0 atom stereocenters. The Kier molecular flexibility index (Phi) is 2.21. The number of rotatable bonds is 3. The van der Waals surface area contributed by atoms with Gasteiger partial charge in [0.15, 0.2) is 0 Å². The number of aliphatic carboxylic acids is 1. The molecule has 0 amide bonds. The van der Waals surface area contributed by atoms with Crippen molar-refractivity contribution in [1.29, 1.82) is 0 Å². The van der Waals surface area contributed by atoms with Crippen molar-refractivity contribution in [2.45, 2.75) is 6.42 Å². The van der Waals surface area contributed by atoms with Crippen LogP contribution in [-0.2, 0) is 16.0 Å². The Hall–Kier alpha value is -2.17. The van der Waals surface area contributed by atoms with Crippen molar-refractivity contribution in [2.24, 2.45) is 0 Å². The van der Waals surface area contributed by atoms with Gasteiger partial charge in [0.05, 0.1) is 17.4 Å². The van der Waals surface area contributed by atoms with Gasteiger partial charge in [0.1, 0.15) is 0 Å². The van der Waals surface area contributed by atoms with Gasteiger partial charge in [0.25, 0.3) is 0 Å². The molecule has 15 heavy (non-hydrogen) atoms. The molecule has 2 aromatic rings. The zero-order valence-electron chi connectivity index (χ0n) is 7.73. The summed E-state index contributed by atoms with van der Waals surface area (Å²) in [6.45, 7) is 0. The Labute approximate surface area is 84.8 Å². The lowest BCUT2D eigenvalue weighted by Crippen LogP contribution is -2.14. The molecule has 0 saturated heterocycles. The van der Waals surface area contributed by atoms with Crippen molar-refractivity contribution in [3.8, 4) is 0 Å². The quantitative estimate of drug-likeness (QED) is 0.723. The van der Waals surface area contributed by atoms with Gasteiger partial charge in [0, 0.05) is 6.42 Å². The largest absolute Gasteiger partial charge is 0.475 e. The van der Waals surface area contributed by atoms with Crippen molar-refractivity contribution in [3.63, 3.8) is 0 Å². The van der Waals surface area contributed by atoms with E-state index in [0.717, 1.165) is 11.0 Å². The van der Waals surface area contributed by atoms with Crippen LogP contribution in [0.3, 0.4) is 0 Å². The van der Waals surface area contributed by atoms with Crippen molar-refractivity contribution >= 4 is 22.8 Å². The summed E-state index contributed by atoms with van der Waals surface area (Å²) < 4.78 is 0. The molecular formula is C10H8N2O3. The van der Waals surface area contributed by atoms with E-state index < -0.39 is 11.8 Å². The van der Waals surface area contributed by atoms with E-state index in [1.54, 1.807) is 24.5 Å². The second kappa shape index (κ2) is 3.53. The number of carboxylic acids is 1. The van der Waals surface area contributed by atoms with E-state index in [1.807, 2.05) is 0 Å². The van der Waals surface area contributed by atoms with Gasteiger partial charge in [-0.1, -0.05) is 6.07 Å². The number of benzene rings is 1. The molecule has 1 heterocycles. The number of hydrogen-bond acceptors (Lipinski definition) is 3. The Morgan fingerprint density at radius 1 is 1.40 bits per heavy atom. The monoisotopic (exact) mass is 204 g/mol. The first kappa shape index (κ1) is 9.39. The van der Waals surface area contributed by atoms with Gasteiger partial charge >= 0.3 is 5.97 Å². The number of hydrogen-bond donors (Lipinski definition) is 2. The first-order chi connectivity index (χ1) is 7.16. The molecule has 2 rings (SSSR count). The fourth-order valence-electron chi connectivity index (χ4n) is 1.35. The zero-order chi connectivity index (χ0) is 10.8. The maximum absolute atomic E-state index is 11.0. The molecule has 0 radical (unpaired) electrons. The third kappa shape index (κ3) is 1.85. The Morgan fingerprint density at radius 2 is 2.20 bits per heavy atom. The lowest BCUT2D eigenvalue weighted by atomic mass is 10.1. The highest BCUT2D eigenvalue weighted by molar-refractivity contribution is 6.33. The molecule has 76 valence electrons. The minimum absolute atomic E-state index is 0.0930. The van der Waals surface area contributed by atoms with Crippen LogP contribution in [-0.4, -0.2) is 26.8 Å². The summed E-state index contributed by atoms with van der Waals surface area (Å²) >= 11 is 0. The number of aromatic nitrogens is 2. The number of nitrogens with one attached hydrogen (secondary N) is 1. The highest BCUT2D eigenvalue weighted by atomic mass is 16.4. The van der Waals surface area contributed by atoms with Gasteiger partial charge in [-0.15, -0.1) is 0 Å². The summed E-state index contributed by atoms with van der Waals surface area (Å²) in [5.74, 6) is -2.21. The van der Waals surface area contributed by atoms with Crippen molar-refractivity contribution < 1.29 is 14.7 Å². The topological polar surface area (TPSA) is 83.0 Å². The molecule has 0 aliphatic carbocycles. The predicted octanol–water partition coefficient (Wildman–Crippen LogP) is 0.759. The van der Waals surface area contributed by atoms with Gasteiger partial charge in [-0.3, -0.25) is 4.79 Å². The van der Waals surface area contributed by atoms with Gasteiger partial charge in [0.2, 0.25) is 5.78 Å². The molecule has 0 bridgehead atoms. The van der Waals surface area contributed by atoms with E-state index in [1.165, 1.54) is 0 Å². The molecule has 1 aromatic heterocycles. The van der Waals surface area contributed by atoms with Gasteiger partial charge in [-0.2, -0.15) is 0 Å². The summed E-state index contributed by atoms with van der Waals surface area (Å²) in [6.07, 6.45) is 1.46. The number of Topliss-reactive ketones (excluding diaryl/α,β-unsaturated/α-hetero) is 1. The summed E-state index contributed by atoms with van der Waals surface area (Å²) in [6, 6.07) is 5.17. The minimum atomic E-state index is -1.40. The molecule has 0 fully saturated rings. The van der Waals surface area contributed by atoms with Crippen LogP contribution in [0.25, 0.3) is 11.0 Å². The van der Waals surface area contributed by atoms with Crippen molar-refractivity contribution in [1.82, 2.24) is 9.97 Å². The molecule has 0 saturated carbocycles. The number of carbonyl (C=O) groups is 2. The summed E-state index contributed by atoms with van der Waals surface area (Å²) in [7, 11) is 0. The van der Waals surface area contributed by atoms with E-state index in [2.05, 4.69) is 9.97 Å². The SMILES string of the molecule is O=C(O)C(=O)Cc1ccc2nc[nH]c2c1. The number of H-pyrrole nitrogens is 1. The summed E-state index contributed by atoms with van der Waals surface area (Å²) in [4.78, 5) is 28.2. The van der Waals surface area contributed by atoms with E-state index in [4.69, 9.17) is 5.11 Å². The van der Waals surface area contributed by atoms with Crippen LogP contribution < -0.4 is 0 Å².